The minimum Gasteiger partial charge on any atom is -0.389 e. The molecule has 0 aromatic heterocycles. The summed E-state index contributed by atoms with van der Waals surface area (Å²) >= 11 is 0. The predicted octanol–water partition coefficient (Wildman–Crippen LogP) is 5.34. The molecule has 3 heteroatoms. The van der Waals surface area contributed by atoms with Crippen LogP contribution in [0.5, 0.6) is 0 Å². The zero-order valence-electron chi connectivity index (χ0n) is 15.3. The van der Waals surface area contributed by atoms with E-state index in [0.29, 0.717) is 6.42 Å². The molecule has 0 aliphatic rings. The van der Waals surface area contributed by atoms with Crippen LogP contribution in [0.4, 0.5) is 0 Å². The highest BCUT2D eigenvalue weighted by atomic mass is 32.2. The number of allylic oxidation sites excluding steroid dienone is 1. The third-order valence-electron chi connectivity index (χ3n) is 4.39. The maximum absolute atomic E-state index is 13.2. The summed E-state index contributed by atoms with van der Waals surface area (Å²) in [6.45, 7) is 6.18. The number of hydrogen-bond acceptors (Lipinski definition) is 2. The Morgan fingerprint density at radius 3 is 2.36 bits per heavy atom. The third-order valence-corrected chi connectivity index (χ3v) is 6.00. The Balaban J connectivity index is 2.35. The van der Waals surface area contributed by atoms with Gasteiger partial charge in [0, 0.05) is 15.7 Å². The van der Waals surface area contributed by atoms with Crippen molar-refractivity contribution < 1.29 is 9.32 Å². The average molecular weight is 357 g/mol. The second kappa shape index (κ2) is 9.69. The Labute approximate surface area is 154 Å². The van der Waals surface area contributed by atoms with Crippen LogP contribution in [0.25, 0.3) is 0 Å². The highest BCUT2D eigenvalue weighted by Crippen LogP contribution is 2.30. The molecule has 25 heavy (non-hydrogen) atoms. The van der Waals surface area contributed by atoms with Crippen LogP contribution < -0.4 is 0 Å². The minimum atomic E-state index is -1.29. The smallest absolute Gasteiger partial charge is 0.0812 e. The lowest BCUT2D eigenvalue weighted by atomic mass is 9.99. The number of aliphatic hydroxyl groups excluding tert-OH is 1. The van der Waals surface area contributed by atoms with Gasteiger partial charge in [-0.15, -0.1) is 0 Å². The largest absolute Gasteiger partial charge is 0.389 e. The maximum Gasteiger partial charge on any atom is 0.0812 e. The standard InChI is InChI=1S/C22H28O2S/c1-4-5-11-20(23)16-22(18(3)19-9-7-6-8-10-19)25(24)21-14-12-17(2)13-15-21/h6-10,12-16,18,20,23H,4-5,11H2,1-3H3/b22-16-/t18-,20-,25?/m1/s1. The summed E-state index contributed by atoms with van der Waals surface area (Å²) in [6.07, 6.45) is 3.95. The number of aryl methyl sites for hydroxylation is 1. The monoisotopic (exact) mass is 356 g/mol. The van der Waals surface area contributed by atoms with Crippen molar-refractivity contribution in [1.82, 2.24) is 0 Å². The first-order valence-corrected chi connectivity index (χ1v) is 10.1. The summed E-state index contributed by atoms with van der Waals surface area (Å²) in [4.78, 5) is 1.56. The molecule has 0 aliphatic carbocycles. The van der Waals surface area contributed by atoms with Crippen LogP contribution in [0.3, 0.4) is 0 Å². The molecular formula is C22H28O2S. The van der Waals surface area contributed by atoms with Crippen molar-refractivity contribution in [2.75, 3.05) is 0 Å². The Morgan fingerprint density at radius 1 is 1.12 bits per heavy atom. The van der Waals surface area contributed by atoms with E-state index in [0.717, 1.165) is 33.8 Å². The van der Waals surface area contributed by atoms with Crippen molar-refractivity contribution in [3.63, 3.8) is 0 Å². The topological polar surface area (TPSA) is 37.3 Å². The van der Waals surface area contributed by atoms with E-state index in [9.17, 15) is 9.32 Å². The molecule has 0 radical (unpaired) electrons. The van der Waals surface area contributed by atoms with Crippen molar-refractivity contribution in [2.45, 2.75) is 57.0 Å². The highest BCUT2D eigenvalue weighted by molar-refractivity contribution is 7.89. The third kappa shape index (κ3) is 5.65. The molecule has 0 fully saturated rings. The summed E-state index contributed by atoms with van der Waals surface area (Å²) < 4.78 is 13.2. The van der Waals surface area contributed by atoms with Crippen molar-refractivity contribution in [2.24, 2.45) is 0 Å². The highest BCUT2D eigenvalue weighted by Gasteiger charge is 2.20. The molecule has 2 aromatic rings. The van der Waals surface area contributed by atoms with Crippen molar-refractivity contribution in [3.8, 4) is 0 Å². The van der Waals surface area contributed by atoms with Crippen molar-refractivity contribution in [3.05, 3.63) is 76.7 Å². The lowest BCUT2D eigenvalue weighted by Gasteiger charge is -2.18. The zero-order chi connectivity index (χ0) is 18.2. The molecule has 0 amide bonds. The van der Waals surface area contributed by atoms with Gasteiger partial charge in [0.1, 0.15) is 0 Å². The summed E-state index contributed by atoms with van der Waals surface area (Å²) in [7, 11) is -1.29. The lowest BCUT2D eigenvalue weighted by molar-refractivity contribution is 0.208. The van der Waals surface area contributed by atoms with Gasteiger partial charge in [-0.3, -0.25) is 0 Å². The van der Waals surface area contributed by atoms with E-state index in [-0.39, 0.29) is 5.92 Å². The fourth-order valence-electron chi connectivity index (χ4n) is 2.76. The number of aliphatic hydroxyl groups is 1. The summed E-state index contributed by atoms with van der Waals surface area (Å²) in [5.74, 6) is -0.0142. The average Bonchev–Trinajstić information content (AvgIpc) is 2.64. The van der Waals surface area contributed by atoms with Gasteiger partial charge in [-0.25, -0.2) is 4.21 Å². The van der Waals surface area contributed by atoms with Crippen LogP contribution in [0.15, 0.2) is 70.5 Å². The first kappa shape index (κ1) is 19.6. The summed E-state index contributed by atoms with van der Waals surface area (Å²) in [5, 5.41) is 10.4. The van der Waals surface area contributed by atoms with E-state index in [2.05, 4.69) is 13.8 Å². The molecule has 0 aliphatic heterocycles. The van der Waals surface area contributed by atoms with E-state index < -0.39 is 16.9 Å². The van der Waals surface area contributed by atoms with Gasteiger partial charge in [0.25, 0.3) is 0 Å². The molecule has 3 atom stereocenters. The molecule has 2 aromatic carbocycles. The Morgan fingerprint density at radius 2 is 1.76 bits per heavy atom. The molecular weight excluding hydrogens is 328 g/mol. The van der Waals surface area contributed by atoms with Crippen molar-refractivity contribution in [1.29, 1.82) is 0 Å². The Kier molecular flexibility index (Phi) is 7.60. The van der Waals surface area contributed by atoms with Gasteiger partial charge in [-0.05, 0) is 37.1 Å². The lowest BCUT2D eigenvalue weighted by Crippen LogP contribution is -2.11. The first-order valence-electron chi connectivity index (χ1n) is 8.96. The van der Waals surface area contributed by atoms with Gasteiger partial charge in [-0.1, -0.05) is 74.7 Å². The molecule has 1 N–H and O–H groups in total. The van der Waals surface area contributed by atoms with Gasteiger partial charge in [0.2, 0.25) is 0 Å². The van der Waals surface area contributed by atoms with Crippen LogP contribution in [-0.4, -0.2) is 15.4 Å². The van der Waals surface area contributed by atoms with Gasteiger partial charge >= 0.3 is 0 Å². The molecule has 0 saturated carbocycles. The second-order valence-electron chi connectivity index (χ2n) is 6.49. The molecule has 1 unspecified atom stereocenters. The fraction of sp³-hybridized carbons (Fsp3) is 0.364. The van der Waals surface area contributed by atoms with Crippen LogP contribution in [-0.2, 0) is 10.8 Å². The zero-order valence-corrected chi connectivity index (χ0v) is 16.1. The quantitative estimate of drug-likeness (QED) is 0.693. The Bertz CT molecular complexity index is 705. The fourth-order valence-corrected chi connectivity index (χ4v) is 4.15. The molecule has 0 heterocycles. The Hall–Kier alpha value is -1.71. The molecule has 2 rings (SSSR count). The second-order valence-corrected chi connectivity index (χ2v) is 7.97. The number of rotatable bonds is 8. The summed E-state index contributed by atoms with van der Waals surface area (Å²) in [6, 6.07) is 17.8. The minimum absolute atomic E-state index is 0.0142. The van der Waals surface area contributed by atoms with E-state index >= 15 is 0 Å². The molecule has 0 spiro atoms. The number of benzene rings is 2. The maximum atomic E-state index is 13.2. The first-order chi connectivity index (χ1) is 12.0. The molecule has 134 valence electrons. The van der Waals surface area contributed by atoms with Gasteiger partial charge in [-0.2, -0.15) is 0 Å². The van der Waals surface area contributed by atoms with Crippen molar-refractivity contribution >= 4 is 10.8 Å². The molecule has 0 bridgehead atoms. The number of unbranched alkanes of at least 4 members (excludes halogenated alkanes) is 1. The van der Waals surface area contributed by atoms with E-state index in [1.165, 1.54) is 0 Å². The molecule has 0 saturated heterocycles. The van der Waals surface area contributed by atoms with E-state index in [4.69, 9.17) is 0 Å². The van der Waals surface area contributed by atoms with Gasteiger partial charge in [0.05, 0.1) is 16.9 Å². The van der Waals surface area contributed by atoms with Crippen LogP contribution in [0.1, 0.15) is 50.2 Å². The van der Waals surface area contributed by atoms with Gasteiger partial charge < -0.3 is 5.11 Å². The van der Waals surface area contributed by atoms with Crippen LogP contribution >= 0.6 is 0 Å². The van der Waals surface area contributed by atoms with E-state index in [1.807, 2.05) is 67.6 Å². The van der Waals surface area contributed by atoms with Crippen LogP contribution in [0, 0.1) is 6.92 Å². The van der Waals surface area contributed by atoms with Gasteiger partial charge in [0.15, 0.2) is 0 Å². The molecule has 2 nitrogen and oxygen atoms in total. The van der Waals surface area contributed by atoms with E-state index in [1.54, 1.807) is 0 Å². The summed E-state index contributed by atoms with van der Waals surface area (Å²) in [5.41, 5.74) is 2.25. The predicted molar refractivity (Wildman–Crippen MR) is 106 cm³/mol. The normalized spacial score (nSPS) is 15.6. The number of hydrogen-bond donors (Lipinski definition) is 1. The van der Waals surface area contributed by atoms with Crippen LogP contribution in [0.2, 0.25) is 0 Å². The SMILES string of the molecule is CCCC[C@@H](O)/C=C(/[C@H](C)c1ccccc1)S(=O)c1ccc(C)cc1.